The third-order valence-corrected chi connectivity index (χ3v) is 4.06. The molecule has 0 bridgehead atoms. The van der Waals surface area contributed by atoms with Crippen LogP contribution in [0.25, 0.3) is 0 Å². The fourth-order valence-electron chi connectivity index (χ4n) is 2.76. The fourth-order valence-corrected chi connectivity index (χ4v) is 2.76. The average molecular weight is 327 g/mol. The SMILES string of the molecule is COc1ccc(CC(=O)NC[C@@H]2Cc3cc(OC)ccc3O2)cc1. The fraction of sp³-hybridized carbons (Fsp3) is 0.316. The minimum absolute atomic E-state index is 0.0164. The average Bonchev–Trinajstić information content (AvgIpc) is 3.02. The highest BCUT2D eigenvalue weighted by molar-refractivity contribution is 5.78. The summed E-state index contributed by atoms with van der Waals surface area (Å²) in [6, 6.07) is 13.3. The molecule has 1 aliphatic rings. The van der Waals surface area contributed by atoms with Crippen LogP contribution in [0.1, 0.15) is 11.1 Å². The number of carbonyl (C=O) groups is 1. The molecule has 0 unspecified atom stereocenters. The molecule has 1 atom stereocenters. The third-order valence-electron chi connectivity index (χ3n) is 4.06. The largest absolute Gasteiger partial charge is 0.497 e. The van der Waals surface area contributed by atoms with E-state index in [1.54, 1.807) is 14.2 Å². The summed E-state index contributed by atoms with van der Waals surface area (Å²) in [6.07, 6.45) is 1.08. The van der Waals surface area contributed by atoms with Gasteiger partial charge < -0.3 is 19.5 Å². The van der Waals surface area contributed by atoms with Crippen molar-refractivity contribution in [2.75, 3.05) is 20.8 Å². The van der Waals surface area contributed by atoms with E-state index in [9.17, 15) is 4.79 Å². The van der Waals surface area contributed by atoms with Crippen molar-refractivity contribution >= 4 is 5.91 Å². The number of amides is 1. The molecule has 1 heterocycles. The van der Waals surface area contributed by atoms with Crippen molar-refractivity contribution in [1.82, 2.24) is 5.32 Å². The van der Waals surface area contributed by atoms with E-state index in [2.05, 4.69) is 5.32 Å². The Morgan fingerprint density at radius 3 is 2.54 bits per heavy atom. The minimum Gasteiger partial charge on any atom is -0.497 e. The van der Waals surface area contributed by atoms with Crippen LogP contribution in [0.15, 0.2) is 42.5 Å². The van der Waals surface area contributed by atoms with Gasteiger partial charge in [-0.25, -0.2) is 0 Å². The van der Waals surface area contributed by atoms with Gasteiger partial charge >= 0.3 is 0 Å². The number of carbonyl (C=O) groups excluding carboxylic acids is 1. The first kappa shape index (κ1) is 16.2. The summed E-state index contributed by atoms with van der Waals surface area (Å²) in [6.45, 7) is 0.492. The first-order chi connectivity index (χ1) is 11.7. The predicted octanol–water partition coefficient (Wildman–Crippen LogP) is 2.37. The van der Waals surface area contributed by atoms with Gasteiger partial charge in [-0.1, -0.05) is 12.1 Å². The van der Waals surface area contributed by atoms with Crippen molar-refractivity contribution < 1.29 is 19.0 Å². The van der Waals surface area contributed by atoms with Crippen LogP contribution < -0.4 is 19.5 Å². The van der Waals surface area contributed by atoms with Gasteiger partial charge in [-0.15, -0.1) is 0 Å². The standard InChI is InChI=1S/C19H21NO4/c1-22-15-5-3-13(4-6-15)9-19(21)20-12-17-11-14-10-16(23-2)7-8-18(14)24-17/h3-8,10,17H,9,11-12H2,1-2H3,(H,20,21)/t17-/m0/s1. The van der Waals surface area contributed by atoms with Crippen LogP contribution in [0, 0.1) is 0 Å². The topological polar surface area (TPSA) is 56.8 Å². The van der Waals surface area contributed by atoms with E-state index in [0.29, 0.717) is 13.0 Å². The number of methoxy groups -OCH3 is 2. The van der Waals surface area contributed by atoms with E-state index >= 15 is 0 Å². The Hall–Kier alpha value is -2.69. The Kier molecular flexibility index (Phi) is 4.89. The third kappa shape index (κ3) is 3.79. The number of rotatable bonds is 6. The van der Waals surface area contributed by atoms with Gasteiger partial charge in [0.2, 0.25) is 5.91 Å². The molecule has 1 N–H and O–H groups in total. The zero-order chi connectivity index (χ0) is 16.9. The molecule has 2 aromatic rings. The Bertz CT molecular complexity index is 712. The number of ether oxygens (including phenoxy) is 3. The molecule has 0 aliphatic carbocycles. The van der Waals surface area contributed by atoms with E-state index in [4.69, 9.17) is 14.2 Å². The van der Waals surface area contributed by atoms with Crippen LogP contribution in [-0.2, 0) is 17.6 Å². The highest BCUT2D eigenvalue weighted by atomic mass is 16.5. The first-order valence-corrected chi connectivity index (χ1v) is 7.91. The predicted molar refractivity (Wildman–Crippen MR) is 90.8 cm³/mol. The molecule has 2 aromatic carbocycles. The maximum absolute atomic E-state index is 12.1. The molecule has 5 heteroatoms. The number of hydrogen-bond donors (Lipinski definition) is 1. The maximum atomic E-state index is 12.1. The lowest BCUT2D eigenvalue weighted by atomic mass is 10.1. The molecule has 126 valence electrons. The molecule has 0 fully saturated rings. The van der Waals surface area contributed by atoms with Crippen molar-refractivity contribution in [3.05, 3.63) is 53.6 Å². The highest BCUT2D eigenvalue weighted by Crippen LogP contribution is 2.31. The quantitative estimate of drug-likeness (QED) is 0.885. The van der Waals surface area contributed by atoms with Crippen LogP contribution in [0.3, 0.4) is 0 Å². The molecule has 0 saturated heterocycles. The van der Waals surface area contributed by atoms with E-state index in [0.717, 1.165) is 34.8 Å². The molecule has 0 aromatic heterocycles. The molecule has 0 radical (unpaired) electrons. The molecule has 5 nitrogen and oxygen atoms in total. The lowest BCUT2D eigenvalue weighted by molar-refractivity contribution is -0.120. The lowest BCUT2D eigenvalue weighted by Crippen LogP contribution is -2.35. The number of nitrogens with one attached hydrogen (secondary N) is 1. The second kappa shape index (κ2) is 7.25. The van der Waals surface area contributed by atoms with Crippen molar-refractivity contribution in [1.29, 1.82) is 0 Å². The second-order valence-electron chi connectivity index (χ2n) is 5.75. The minimum atomic E-state index is -0.0353. The van der Waals surface area contributed by atoms with Crippen molar-refractivity contribution in [2.45, 2.75) is 18.9 Å². The number of fused-ring (bicyclic) bond motifs is 1. The van der Waals surface area contributed by atoms with Gasteiger partial charge in [-0.05, 0) is 35.9 Å². The van der Waals surface area contributed by atoms with Crippen molar-refractivity contribution in [3.8, 4) is 17.2 Å². The summed E-state index contributed by atoms with van der Waals surface area (Å²) in [5, 5.41) is 2.94. The molecule has 0 saturated carbocycles. The van der Waals surface area contributed by atoms with Crippen LogP contribution in [0.4, 0.5) is 0 Å². The second-order valence-corrected chi connectivity index (χ2v) is 5.75. The summed E-state index contributed by atoms with van der Waals surface area (Å²) in [4.78, 5) is 12.1. The molecule has 24 heavy (non-hydrogen) atoms. The Labute approximate surface area is 141 Å². The molecular weight excluding hydrogens is 306 g/mol. The van der Waals surface area contributed by atoms with Crippen molar-refractivity contribution in [3.63, 3.8) is 0 Å². The Balaban J connectivity index is 1.48. The maximum Gasteiger partial charge on any atom is 0.224 e. The molecule has 1 amide bonds. The van der Waals surface area contributed by atoms with Crippen LogP contribution in [0.2, 0.25) is 0 Å². The Morgan fingerprint density at radius 1 is 1.12 bits per heavy atom. The van der Waals surface area contributed by atoms with Gasteiger partial charge in [-0.3, -0.25) is 4.79 Å². The van der Waals surface area contributed by atoms with Gasteiger partial charge in [0.25, 0.3) is 0 Å². The summed E-state index contributed by atoms with van der Waals surface area (Å²) < 4.78 is 16.2. The number of benzene rings is 2. The van der Waals surface area contributed by atoms with Gasteiger partial charge in [-0.2, -0.15) is 0 Å². The molecule has 0 spiro atoms. The van der Waals surface area contributed by atoms with Crippen LogP contribution >= 0.6 is 0 Å². The Morgan fingerprint density at radius 2 is 1.83 bits per heavy atom. The zero-order valence-corrected chi connectivity index (χ0v) is 13.9. The van der Waals surface area contributed by atoms with Gasteiger partial charge in [0.05, 0.1) is 27.2 Å². The molecule has 3 rings (SSSR count). The normalized spacial score (nSPS) is 15.3. The molecule has 1 aliphatic heterocycles. The lowest BCUT2D eigenvalue weighted by Gasteiger charge is -2.12. The smallest absolute Gasteiger partial charge is 0.224 e. The van der Waals surface area contributed by atoms with E-state index in [-0.39, 0.29) is 12.0 Å². The summed E-state index contributed by atoms with van der Waals surface area (Å²) >= 11 is 0. The van der Waals surface area contributed by atoms with Crippen LogP contribution in [-0.4, -0.2) is 32.8 Å². The molecular formula is C19H21NO4. The summed E-state index contributed by atoms with van der Waals surface area (Å²) in [5.74, 6) is 2.45. The van der Waals surface area contributed by atoms with E-state index < -0.39 is 0 Å². The van der Waals surface area contributed by atoms with E-state index in [1.807, 2.05) is 42.5 Å². The monoisotopic (exact) mass is 327 g/mol. The number of hydrogen-bond acceptors (Lipinski definition) is 4. The van der Waals surface area contributed by atoms with Crippen LogP contribution in [0.5, 0.6) is 17.2 Å². The van der Waals surface area contributed by atoms with Crippen molar-refractivity contribution in [2.24, 2.45) is 0 Å². The summed E-state index contributed by atoms with van der Waals surface area (Å²) in [5.41, 5.74) is 2.07. The van der Waals surface area contributed by atoms with Gasteiger partial charge in [0, 0.05) is 12.0 Å². The van der Waals surface area contributed by atoms with E-state index in [1.165, 1.54) is 0 Å². The first-order valence-electron chi connectivity index (χ1n) is 7.91. The zero-order valence-electron chi connectivity index (χ0n) is 13.9. The highest BCUT2D eigenvalue weighted by Gasteiger charge is 2.23. The van der Waals surface area contributed by atoms with Gasteiger partial charge in [0.1, 0.15) is 23.4 Å². The summed E-state index contributed by atoms with van der Waals surface area (Å²) in [7, 11) is 3.27. The van der Waals surface area contributed by atoms with Gasteiger partial charge in [0.15, 0.2) is 0 Å².